The molecule has 4 heterocycles. The molecule has 0 unspecified atom stereocenters. The van der Waals surface area contributed by atoms with Gasteiger partial charge in [-0.15, -0.1) is 5.10 Å². The van der Waals surface area contributed by atoms with Crippen molar-refractivity contribution < 1.29 is 9.32 Å². The summed E-state index contributed by atoms with van der Waals surface area (Å²) in [5.74, 6) is 1.15. The molecule has 0 aliphatic carbocycles. The maximum atomic E-state index is 12.8. The molecule has 146 valence electrons. The smallest absolute Gasteiger partial charge is 0.267 e. The predicted octanol–water partition coefficient (Wildman–Crippen LogP) is 2.87. The molecule has 3 aromatic heterocycles. The van der Waals surface area contributed by atoms with Gasteiger partial charge in [0.2, 0.25) is 0 Å². The van der Waals surface area contributed by atoms with E-state index in [-0.39, 0.29) is 5.91 Å². The minimum Gasteiger partial charge on any atom is -0.361 e. The summed E-state index contributed by atoms with van der Waals surface area (Å²) in [5.41, 5.74) is 4.21. The van der Waals surface area contributed by atoms with Crippen molar-refractivity contribution in [2.75, 3.05) is 13.1 Å². The Morgan fingerprint density at radius 1 is 1.36 bits per heavy atom. The Bertz CT molecular complexity index is 978. The molecule has 3 aromatic rings. The van der Waals surface area contributed by atoms with Crippen molar-refractivity contribution in [2.24, 2.45) is 5.92 Å². The molecule has 1 aliphatic heterocycles. The van der Waals surface area contributed by atoms with Gasteiger partial charge in [0.15, 0.2) is 0 Å². The number of rotatable bonds is 5. The molecule has 0 bridgehead atoms. The molecule has 0 spiro atoms. The van der Waals surface area contributed by atoms with E-state index in [4.69, 9.17) is 9.51 Å². The van der Waals surface area contributed by atoms with Crippen LogP contribution in [0.15, 0.2) is 16.9 Å². The average Bonchev–Trinajstić information content (AvgIpc) is 3.42. The Hall–Kier alpha value is -2.68. The van der Waals surface area contributed by atoms with Crippen molar-refractivity contribution in [3.63, 3.8) is 0 Å². The lowest BCUT2D eigenvalue weighted by Gasteiger charge is -2.15. The Morgan fingerprint density at radius 2 is 2.21 bits per heavy atom. The summed E-state index contributed by atoms with van der Waals surface area (Å²) in [6, 6.07) is 0. The number of aromatic nitrogens is 5. The Labute approximate surface area is 167 Å². The molecular formula is C19H22N6O2S. The van der Waals surface area contributed by atoms with Crippen LogP contribution in [0.1, 0.15) is 45.9 Å². The van der Waals surface area contributed by atoms with Gasteiger partial charge in [-0.05, 0) is 50.6 Å². The zero-order valence-corrected chi connectivity index (χ0v) is 17.0. The lowest BCUT2D eigenvalue weighted by atomic mass is 10.0. The van der Waals surface area contributed by atoms with Crippen LogP contribution in [0.25, 0.3) is 11.3 Å². The number of nitrogens with zero attached hydrogens (tertiary/aromatic N) is 6. The minimum atomic E-state index is 0.0462. The first kappa shape index (κ1) is 18.7. The van der Waals surface area contributed by atoms with Crippen LogP contribution in [0.5, 0.6) is 0 Å². The zero-order chi connectivity index (χ0) is 19.7. The number of hydrogen-bond donors (Lipinski definition) is 0. The summed E-state index contributed by atoms with van der Waals surface area (Å²) >= 11 is 1.19. The van der Waals surface area contributed by atoms with Crippen molar-refractivity contribution in [3.05, 3.63) is 40.1 Å². The van der Waals surface area contributed by atoms with Crippen LogP contribution in [0.3, 0.4) is 0 Å². The van der Waals surface area contributed by atoms with Crippen LogP contribution >= 0.6 is 11.5 Å². The fraction of sp³-hybridized carbons (Fsp3) is 0.474. The molecular weight excluding hydrogens is 376 g/mol. The third-order valence-corrected chi connectivity index (χ3v) is 5.89. The molecule has 1 saturated heterocycles. The van der Waals surface area contributed by atoms with E-state index in [1.54, 1.807) is 12.4 Å². The molecule has 8 nitrogen and oxygen atoms in total. The second kappa shape index (κ2) is 7.75. The Morgan fingerprint density at radius 3 is 2.96 bits per heavy atom. The molecule has 0 radical (unpaired) electrons. The molecule has 1 aliphatic rings. The highest BCUT2D eigenvalue weighted by Crippen LogP contribution is 2.27. The summed E-state index contributed by atoms with van der Waals surface area (Å²) < 4.78 is 9.18. The molecule has 4 rings (SSSR count). The van der Waals surface area contributed by atoms with Gasteiger partial charge >= 0.3 is 0 Å². The first-order chi connectivity index (χ1) is 13.6. The number of carbonyl (C=O) groups excluding carboxylic acids is 1. The topological polar surface area (TPSA) is 97.9 Å². The predicted molar refractivity (Wildman–Crippen MR) is 104 cm³/mol. The first-order valence-corrected chi connectivity index (χ1v) is 10.2. The fourth-order valence-electron chi connectivity index (χ4n) is 3.70. The normalized spacial score (nSPS) is 16.7. The summed E-state index contributed by atoms with van der Waals surface area (Å²) in [7, 11) is 0. The number of carbonyl (C=O) groups is 1. The first-order valence-electron chi connectivity index (χ1n) is 9.41. The Kier molecular flexibility index (Phi) is 5.17. The standard InChI is InChI=1S/C19H22N6O2S/c1-4-15-18(28-24-22-15)19(26)25-6-5-13(10-25)7-14-8-20-9-16(21-14)17-11(2)23-27-12(17)3/h8-9,13H,4-7,10H2,1-3H3/t13-/m0/s1. The zero-order valence-electron chi connectivity index (χ0n) is 16.2. The number of amides is 1. The van der Waals surface area contributed by atoms with Gasteiger partial charge < -0.3 is 9.42 Å². The van der Waals surface area contributed by atoms with Gasteiger partial charge in [0.25, 0.3) is 5.91 Å². The van der Waals surface area contributed by atoms with Crippen LogP contribution in [-0.2, 0) is 12.8 Å². The van der Waals surface area contributed by atoms with E-state index in [2.05, 4.69) is 19.7 Å². The van der Waals surface area contributed by atoms with Crippen LogP contribution in [0, 0.1) is 19.8 Å². The van der Waals surface area contributed by atoms with Gasteiger partial charge in [0, 0.05) is 19.3 Å². The van der Waals surface area contributed by atoms with E-state index in [1.165, 1.54) is 11.5 Å². The van der Waals surface area contributed by atoms with E-state index >= 15 is 0 Å². The SMILES string of the molecule is CCc1nnsc1C(=O)N1CC[C@@H](Cc2cncc(-c3c(C)noc3C)n2)C1. The molecule has 28 heavy (non-hydrogen) atoms. The summed E-state index contributed by atoms with van der Waals surface area (Å²) in [5, 5.41) is 8.05. The van der Waals surface area contributed by atoms with Gasteiger partial charge in [-0.3, -0.25) is 9.78 Å². The van der Waals surface area contributed by atoms with Crippen molar-refractivity contribution >= 4 is 17.4 Å². The molecule has 1 amide bonds. The maximum Gasteiger partial charge on any atom is 0.267 e. The van der Waals surface area contributed by atoms with Gasteiger partial charge in [0.1, 0.15) is 10.6 Å². The highest BCUT2D eigenvalue weighted by molar-refractivity contribution is 7.08. The van der Waals surface area contributed by atoms with Gasteiger partial charge in [-0.2, -0.15) is 0 Å². The van der Waals surface area contributed by atoms with E-state index in [1.807, 2.05) is 25.7 Å². The van der Waals surface area contributed by atoms with Crippen molar-refractivity contribution in [3.8, 4) is 11.3 Å². The van der Waals surface area contributed by atoms with E-state index in [0.29, 0.717) is 10.8 Å². The van der Waals surface area contributed by atoms with E-state index in [0.717, 1.165) is 66.5 Å². The van der Waals surface area contributed by atoms with Crippen molar-refractivity contribution in [1.29, 1.82) is 0 Å². The number of hydrogen-bond acceptors (Lipinski definition) is 8. The summed E-state index contributed by atoms with van der Waals surface area (Å²) in [4.78, 5) is 24.5. The third-order valence-electron chi connectivity index (χ3n) is 5.13. The number of likely N-dealkylation sites (tertiary alicyclic amines) is 1. The fourth-order valence-corrected chi connectivity index (χ4v) is 4.42. The maximum absolute atomic E-state index is 12.8. The van der Waals surface area contributed by atoms with Crippen LogP contribution in [-0.4, -0.2) is 48.6 Å². The molecule has 0 N–H and O–H groups in total. The van der Waals surface area contributed by atoms with Gasteiger partial charge in [-0.25, -0.2) is 4.98 Å². The van der Waals surface area contributed by atoms with Crippen LogP contribution < -0.4 is 0 Å². The second-order valence-corrected chi connectivity index (χ2v) is 7.86. The van der Waals surface area contributed by atoms with Crippen molar-refractivity contribution in [1.82, 2.24) is 29.6 Å². The molecule has 1 atom stereocenters. The molecule has 9 heteroatoms. The molecule has 0 saturated carbocycles. The lowest BCUT2D eigenvalue weighted by molar-refractivity contribution is 0.0790. The summed E-state index contributed by atoms with van der Waals surface area (Å²) in [6.45, 7) is 7.24. The third kappa shape index (κ3) is 3.54. The highest BCUT2D eigenvalue weighted by Gasteiger charge is 2.30. The van der Waals surface area contributed by atoms with Crippen LogP contribution in [0.2, 0.25) is 0 Å². The van der Waals surface area contributed by atoms with E-state index < -0.39 is 0 Å². The minimum absolute atomic E-state index is 0.0462. The summed E-state index contributed by atoms with van der Waals surface area (Å²) in [6.07, 6.45) is 6.00. The average molecular weight is 398 g/mol. The van der Waals surface area contributed by atoms with Gasteiger partial charge in [-0.1, -0.05) is 16.6 Å². The molecule has 1 fully saturated rings. The largest absolute Gasteiger partial charge is 0.361 e. The second-order valence-electron chi connectivity index (χ2n) is 7.11. The highest BCUT2D eigenvalue weighted by atomic mass is 32.1. The van der Waals surface area contributed by atoms with Gasteiger partial charge in [0.05, 0.1) is 34.5 Å². The number of aryl methyl sites for hydroxylation is 3. The van der Waals surface area contributed by atoms with E-state index in [9.17, 15) is 4.79 Å². The molecule has 0 aromatic carbocycles. The van der Waals surface area contributed by atoms with Crippen LogP contribution in [0.4, 0.5) is 0 Å². The lowest BCUT2D eigenvalue weighted by Crippen LogP contribution is -2.29. The quantitative estimate of drug-likeness (QED) is 0.652. The Balaban J connectivity index is 1.45. The monoisotopic (exact) mass is 398 g/mol. The van der Waals surface area contributed by atoms with Crippen molar-refractivity contribution in [2.45, 2.75) is 40.0 Å².